The number of hydrogen-bond donors (Lipinski definition) is 0. The Morgan fingerprint density at radius 1 is 1.62 bits per heavy atom. The van der Waals surface area contributed by atoms with Gasteiger partial charge in [-0.25, -0.2) is 0 Å². The van der Waals surface area contributed by atoms with E-state index in [1.54, 1.807) is 12.1 Å². The third-order valence-corrected chi connectivity index (χ3v) is 3.03. The summed E-state index contributed by atoms with van der Waals surface area (Å²) in [7, 11) is 0. The molecule has 0 aromatic heterocycles. The summed E-state index contributed by atoms with van der Waals surface area (Å²) in [6.45, 7) is 0. The van der Waals surface area contributed by atoms with Gasteiger partial charge in [0.1, 0.15) is 0 Å². The molecule has 0 heterocycles. The van der Waals surface area contributed by atoms with Crippen LogP contribution in [0.4, 0.5) is 5.69 Å². The number of hydrogen-bond acceptors (Lipinski definition) is 3. The lowest BCUT2D eigenvalue weighted by atomic mass is 10.2. The van der Waals surface area contributed by atoms with Crippen LogP contribution in [-0.4, -0.2) is 11.2 Å². The van der Waals surface area contributed by atoms with E-state index in [4.69, 9.17) is 0 Å². The summed E-state index contributed by atoms with van der Waals surface area (Å²) in [5.74, 6) is 0. The average molecular weight is 262 g/mol. The molecule has 0 amide bonds. The second-order valence-electron chi connectivity index (χ2n) is 2.40. The number of alkyl halides is 1. The highest BCUT2D eigenvalue weighted by Crippen LogP contribution is 2.28. The summed E-state index contributed by atoms with van der Waals surface area (Å²) in [6, 6.07) is 5.26. The molecule has 0 aliphatic carbocycles. The molecule has 0 spiro atoms. The maximum absolute atomic E-state index is 10.6. The first-order valence-corrected chi connectivity index (χ1v) is 5.91. The Labute approximate surface area is 88.8 Å². The van der Waals surface area contributed by atoms with Crippen LogP contribution < -0.4 is 0 Å². The molecule has 0 aliphatic rings. The molecule has 0 atom stereocenters. The summed E-state index contributed by atoms with van der Waals surface area (Å²) >= 11 is 4.64. The molecule has 1 rings (SSSR count). The molecule has 3 nitrogen and oxygen atoms in total. The maximum atomic E-state index is 10.6. The summed E-state index contributed by atoms with van der Waals surface area (Å²) < 4.78 is 0. The third kappa shape index (κ3) is 2.45. The van der Waals surface area contributed by atoms with E-state index in [9.17, 15) is 10.1 Å². The van der Waals surface area contributed by atoms with Crippen molar-refractivity contribution in [2.24, 2.45) is 0 Å². The van der Waals surface area contributed by atoms with Crippen LogP contribution in [0.2, 0.25) is 0 Å². The second kappa shape index (κ2) is 4.62. The van der Waals surface area contributed by atoms with Crippen LogP contribution in [0.1, 0.15) is 5.56 Å². The number of nitrogens with zero attached hydrogens (tertiary/aromatic N) is 1. The first kappa shape index (κ1) is 10.5. The molecule has 0 saturated heterocycles. The van der Waals surface area contributed by atoms with Crippen LogP contribution in [-0.2, 0) is 5.33 Å². The molecule has 1 aromatic carbocycles. The van der Waals surface area contributed by atoms with Gasteiger partial charge in [0.25, 0.3) is 5.69 Å². The fraction of sp³-hybridized carbons (Fsp3) is 0.250. The van der Waals surface area contributed by atoms with Gasteiger partial charge in [0.2, 0.25) is 0 Å². The molecule has 0 saturated carbocycles. The molecule has 0 unspecified atom stereocenters. The molecule has 70 valence electrons. The van der Waals surface area contributed by atoms with Crippen molar-refractivity contribution in [2.45, 2.75) is 10.2 Å². The van der Waals surface area contributed by atoms with Gasteiger partial charge in [0.15, 0.2) is 0 Å². The van der Waals surface area contributed by atoms with E-state index in [0.29, 0.717) is 10.2 Å². The molecule has 0 bridgehead atoms. The molecule has 0 fully saturated rings. The monoisotopic (exact) mass is 261 g/mol. The van der Waals surface area contributed by atoms with Crippen LogP contribution in [0.5, 0.6) is 0 Å². The number of thioether (sulfide) groups is 1. The minimum Gasteiger partial charge on any atom is -0.258 e. The van der Waals surface area contributed by atoms with Gasteiger partial charge in [-0.2, -0.15) is 0 Å². The van der Waals surface area contributed by atoms with E-state index >= 15 is 0 Å². The van der Waals surface area contributed by atoms with Gasteiger partial charge in [-0.15, -0.1) is 11.8 Å². The Balaban J connectivity index is 3.18. The smallest absolute Gasteiger partial charge is 0.258 e. The van der Waals surface area contributed by atoms with E-state index in [1.165, 1.54) is 11.8 Å². The number of benzene rings is 1. The minimum atomic E-state index is -0.349. The van der Waals surface area contributed by atoms with Crippen molar-refractivity contribution in [3.63, 3.8) is 0 Å². The number of halogens is 1. The quantitative estimate of drug-likeness (QED) is 0.363. The first-order chi connectivity index (χ1) is 6.19. The standard InChI is InChI=1S/C8H8BrNO2S/c1-13-8-3-2-6(5-9)4-7(8)10(11)12/h2-4H,5H2,1H3. The third-order valence-electron chi connectivity index (χ3n) is 1.59. The van der Waals surface area contributed by atoms with Crippen molar-refractivity contribution in [1.82, 2.24) is 0 Å². The van der Waals surface area contributed by atoms with Crippen molar-refractivity contribution in [1.29, 1.82) is 0 Å². The van der Waals surface area contributed by atoms with Crippen molar-refractivity contribution in [3.05, 3.63) is 33.9 Å². The van der Waals surface area contributed by atoms with Gasteiger partial charge in [0, 0.05) is 11.4 Å². The molecule has 0 aliphatic heterocycles. The first-order valence-electron chi connectivity index (χ1n) is 3.56. The summed E-state index contributed by atoms with van der Waals surface area (Å²) in [5.41, 5.74) is 1.11. The zero-order chi connectivity index (χ0) is 9.84. The highest BCUT2D eigenvalue weighted by molar-refractivity contribution is 9.08. The number of rotatable bonds is 3. The maximum Gasteiger partial charge on any atom is 0.283 e. The van der Waals surface area contributed by atoms with E-state index in [-0.39, 0.29) is 10.6 Å². The Bertz CT molecular complexity index is 330. The van der Waals surface area contributed by atoms with Crippen LogP contribution in [0.3, 0.4) is 0 Å². The van der Waals surface area contributed by atoms with Crippen molar-refractivity contribution in [2.75, 3.05) is 6.26 Å². The molecule has 0 radical (unpaired) electrons. The van der Waals surface area contributed by atoms with Crippen LogP contribution in [0.25, 0.3) is 0 Å². The Kier molecular flexibility index (Phi) is 3.74. The van der Waals surface area contributed by atoms with Crippen LogP contribution in [0, 0.1) is 10.1 Å². The summed E-state index contributed by atoms with van der Waals surface area (Å²) in [5, 5.41) is 11.3. The average Bonchev–Trinajstić information content (AvgIpc) is 2.16. The van der Waals surface area contributed by atoms with Gasteiger partial charge >= 0.3 is 0 Å². The van der Waals surface area contributed by atoms with Gasteiger partial charge in [-0.3, -0.25) is 10.1 Å². The van der Waals surface area contributed by atoms with Crippen molar-refractivity contribution < 1.29 is 4.92 Å². The zero-order valence-corrected chi connectivity index (χ0v) is 9.39. The van der Waals surface area contributed by atoms with E-state index < -0.39 is 0 Å². The van der Waals surface area contributed by atoms with Crippen LogP contribution in [0.15, 0.2) is 23.1 Å². The van der Waals surface area contributed by atoms with Crippen molar-refractivity contribution in [3.8, 4) is 0 Å². The largest absolute Gasteiger partial charge is 0.283 e. The molecular weight excluding hydrogens is 254 g/mol. The highest BCUT2D eigenvalue weighted by Gasteiger charge is 2.12. The fourth-order valence-corrected chi connectivity index (χ4v) is 1.86. The predicted octanol–water partition coefficient (Wildman–Crippen LogP) is 3.21. The number of nitro benzene ring substituents is 1. The lowest BCUT2D eigenvalue weighted by molar-refractivity contribution is -0.387. The zero-order valence-electron chi connectivity index (χ0n) is 6.99. The van der Waals surface area contributed by atoms with E-state index in [1.807, 2.05) is 12.3 Å². The SMILES string of the molecule is CSc1ccc(CBr)cc1[N+](=O)[O-]. The lowest BCUT2D eigenvalue weighted by Crippen LogP contribution is -1.91. The summed E-state index contributed by atoms with van der Waals surface area (Å²) in [4.78, 5) is 11.0. The normalized spacial score (nSPS) is 10.0. The van der Waals surface area contributed by atoms with E-state index in [2.05, 4.69) is 15.9 Å². The Morgan fingerprint density at radius 3 is 2.77 bits per heavy atom. The van der Waals surface area contributed by atoms with Crippen molar-refractivity contribution >= 4 is 33.4 Å². The van der Waals surface area contributed by atoms with Gasteiger partial charge < -0.3 is 0 Å². The molecule has 13 heavy (non-hydrogen) atoms. The minimum absolute atomic E-state index is 0.185. The predicted molar refractivity (Wildman–Crippen MR) is 57.5 cm³/mol. The van der Waals surface area contributed by atoms with Gasteiger partial charge in [-0.05, 0) is 17.9 Å². The molecule has 0 N–H and O–H groups in total. The summed E-state index contributed by atoms with van der Waals surface area (Å²) in [6.07, 6.45) is 1.83. The Morgan fingerprint density at radius 2 is 2.31 bits per heavy atom. The number of nitro groups is 1. The van der Waals surface area contributed by atoms with Gasteiger partial charge in [-0.1, -0.05) is 22.0 Å². The molecule has 1 aromatic rings. The lowest BCUT2D eigenvalue weighted by Gasteiger charge is -2.00. The molecular formula is C8H8BrNO2S. The van der Waals surface area contributed by atoms with Gasteiger partial charge in [0.05, 0.1) is 9.82 Å². The topological polar surface area (TPSA) is 43.1 Å². The molecule has 5 heteroatoms. The van der Waals surface area contributed by atoms with E-state index in [0.717, 1.165) is 5.56 Å². The highest BCUT2D eigenvalue weighted by atomic mass is 79.9. The second-order valence-corrected chi connectivity index (χ2v) is 3.81. The fourth-order valence-electron chi connectivity index (χ4n) is 0.961. The van der Waals surface area contributed by atoms with Crippen LogP contribution >= 0.6 is 27.7 Å². The Hall–Kier alpha value is -0.550.